The van der Waals surface area contributed by atoms with Gasteiger partial charge in [0.05, 0.1) is 0 Å². The Balaban J connectivity index is 1.93. The van der Waals surface area contributed by atoms with Gasteiger partial charge in [0.25, 0.3) is 0 Å². The van der Waals surface area contributed by atoms with Crippen LogP contribution in [0.5, 0.6) is 0 Å². The number of benzene rings is 1. The molecule has 2 heteroatoms. The predicted octanol–water partition coefficient (Wildman–Crippen LogP) is 6.29. The van der Waals surface area contributed by atoms with Gasteiger partial charge >= 0.3 is 5.97 Å². The van der Waals surface area contributed by atoms with Gasteiger partial charge in [-0.3, -0.25) is 0 Å². The zero-order valence-corrected chi connectivity index (χ0v) is 17.7. The summed E-state index contributed by atoms with van der Waals surface area (Å²) < 4.78 is 0. The summed E-state index contributed by atoms with van der Waals surface area (Å²) in [6, 6.07) is 7.24. The predicted molar refractivity (Wildman–Crippen MR) is 112 cm³/mol. The lowest BCUT2D eigenvalue weighted by atomic mass is 9.62. The first-order valence-electron chi connectivity index (χ1n) is 10.3. The highest BCUT2D eigenvalue weighted by Gasteiger charge is 2.52. The molecule has 0 heterocycles. The largest absolute Gasteiger partial charge is 0.478 e. The van der Waals surface area contributed by atoms with E-state index in [1.807, 2.05) is 13.0 Å². The Morgan fingerprint density at radius 2 is 1.78 bits per heavy atom. The molecule has 1 saturated carbocycles. The van der Waals surface area contributed by atoms with E-state index in [2.05, 4.69) is 58.9 Å². The molecule has 1 aromatic rings. The highest BCUT2D eigenvalue weighted by Crippen LogP contribution is 2.59. The molecule has 2 nitrogen and oxygen atoms in total. The van der Waals surface area contributed by atoms with Gasteiger partial charge in [0.1, 0.15) is 0 Å². The van der Waals surface area contributed by atoms with E-state index in [4.69, 9.17) is 5.11 Å². The average Bonchev–Trinajstić information content (AvgIpc) is 3.31. The maximum atomic E-state index is 10.8. The van der Waals surface area contributed by atoms with Crippen molar-refractivity contribution in [1.82, 2.24) is 0 Å². The van der Waals surface area contributed by atoms with Crippen LogP contribution in [0.2, 0.25) is 0 Å². The van der Waals surface area contributed by atoms with Crippen LogP contribution in [0.4, 0.5) is 0 Å². The van der Waals surface area contributed by atoms with Crippen LogP contribution in [0.25, 0.3) is 0 Å². The molecular weight excluding hydrogens is 332 g/mol. The molecule has 2 aliphatic rings. The van der Waals surface area contributed by atoms with Crippen LogP contribution in [-0.4, -0.2) is 11.1 Å². The van der Waals surface area contributed by atoms with Crippen LogP contribution in [0.1, 0.15) is 83.9 Å². The molecule has 1 aromatic carbocycles. The molecule has 2 aliphatic carbocycles. The fourth-order valence-corrected chi connectivity index (χ4v) is 4.94. The molecule has 1 N–H and O–H groups in total. The van der Waals surface area contributed by atoms with Crippen molar-refractivity contribution in [2.45, 2.75) is 83.5 Å². The second kappa shape index (κ2) is 6.65. The molecule has 0 aliphatic heterocycles. The van der Waals surface area contributed by atoms with Gasteiger partial charge in [-0.15, -0.1) is 0 Å². The average molecular weight is 367 g/mol. The lowest BCUT2D eigenvalue weighted by molar-refractivity contribution is -0.131. The first-order chi connectivity index (χ1) is 12.5. The lowest BCUT2D eigenvalue weighted by Gasteiger charge is -2.42. The molecule has 0 saturated heterocycles. The first kappa shape index (κ1) is 19.9. The van der Waals surface area contributed by atoms with E-state index in [0.717, 1.165) is 18.4 Å². The van der Waals surface area contributed by atoms with Gasteiger partial charge in [0.2, 0.25) is 0 Å². The van der Waals surface area contributed by atoms with Crippen LogP contribution in [0, 0.1) is 5.92 Å². The van der Waals surface area contributed by atoms with Crippen molar-refractivity contribution in [2.24, 2.45) is 5.92 Å². The van der Waals surface area contributed by atoms with E-state index in [1.54, 1.807) is 0 Å². The molecule has 0 bridgehead atoms. The van der Waals surface area contributed by atoms with Crippen molar-refractivity contribution < 1.29 is 9.90 Å². The van der Waals surface area contributed by atoms with Crippen LogP contribution in [0.15, 0.2) is 42.0 Å². The van der Waals surface area contributed by atoms with Crippen molar-refractivity contribution in [3.8, 4) is 0 Å². The van der Waals surface area contributed by atoms with E-state index in [0.29, 0.717) is 5.92 Å². The third kappa shape index (κ3) is 3.63. The summed E-state index contributed by atoms with van der Waals surface area (Å²) in [6.07, 6.45) is 10.2. The second-order valence-electron chi connectivity index (χ2n) is 9.93. The Morgan fingerprint density at radius 1 is 1.15 bits per heavy atom. The van der Waals surface area contributed by atoms with Crippen molar-refractivity contribution in [3.63, 3.8) is 0 Å². The third-order valence-electron chi connectivity index (χ3n) is 7.14. The Bertz CT molecular complexity index is 810. The topological polar surface area (TPSA) is 37.3 Å². The first-order valence-corrected chi connectivity index (χ1v) is 10.3. The zero-order chi connectivity index (χ0) is 20.0. The molecule has 0 unspecified atom stereocenters. The molecular formula is C25H34O2. The third-order valence-corrected chi connectivity index (χ3v) is 7.14. The Kier molecular flexibility index (Phi) is 4.91. The molecule has 0 aromatic heterocycles. The molecule has 1 fully saturated rings. The smallest absolute Gasteiger partial charge is 0.328 e. The Hall–Kier alpha value is -1.83. The van der Waals surface area contributed by atoms with Gasteiger partial charge in [0.15, 0.2) is 0 Å². The molecule has 146 valence electrons. The molecule has 0 amide bonds. The minimum atomic E-state index is -0.880. The summed E-state index contributed by atoms with van der Waals surface area (Å²) in [5.41, 5.74) is 6.01. The fourth-order valence-electron chi connectivity index (χ4n) is 4.94. The number of aliphatic carboxylic acids is 1. The quantitative estimate of drug-likeness (QED) is 0.491. The van der Waals surface area contributed by atoms with E-state index < -0.39 is 5.97 Å². The van der Waals surface area contributed by atoms with E-state index >= 15 is 0 Å². The highest BCUT2D eigenvalue weighted by atomic mass is 16.4. The minimum absolute atomic E-state index is 0.215. The number of hydrogen-bond acceptors (Lipinski definition) is 1. The summed E-state index contributed by atoms with van der Waals surface area (Å²) in [4.78, 5) is 10.8. The number of carbonyl (C=O) groups is 1. The standard InChI is InChI=1S/C25H34O2/c1-7-25(16-19(25)9-8-17(2)14-22(26)27)18-10-11-20-21(15-18)24(5,6)13-12-23(20,3)4/h8-11,14-15,19H,7,12-13,16H2,1-6H3,(H,26,27)/b9-8+,17-14+/t19-,25-/m1/s1. The van der Waals surface area contributed by atoms with E-state index in [-0.39, 0.29) is 16.2 Å². The number of carboxylic acids is 1. The summed E-state index contributed by atoms with van der Waals surface area (Å²) in [5.74, 6) is -0.383. The van der Waals surface area contributed by atoms with Crippen LogP contribution < -0.4 is 0 Å². The van der Waals surface area contributed by atoms with E-state index in [9.17, 15) is 4.79 Å². The van der Waals surface area contributed by atoms with Crippen molar-refractivity contribution in [2.75, 3.05) is 0 Å². The fraction of sp³-hybridized carbons (Fsp3) is 0.560. The molecule has 27 heavy (non-hydrogen) atoms. The summed E-state index contributed by atoms with van der Waals surface area (Å²) in [5, 5.41) is 8.89. The lowest BCUT2D eigenvalue weighted by Crippen LogP contribution is -2.34. The van der Waals surface area contributed by atoms with Gasteiger partial charge in [0, 0.05) is 11.5 Å². The maximum absolute atomic E-state index is 10.8. The van der Waals surface area contributed by atoms with Crippen LogP contribution in [-0.2, 0) is 21.0 Å². The van der Waals surface area contributed by atoms with Gasteiger partial charge in [-0.2, -0.15) is 0 Å². The molecule has 3 rings (SSSR count). The van der Waals surface area contributed by atoms with Crippen molar-refractivity contribution >= 4 is 5.97 Å². The van der Waals surface area contributed by atoms with Gasteiger partial charge in [-0.1, -0.05) is 65.0 Å². The van der Waals surface area contributed by atoms with Crippen molar-refractivity contribution in [1.29, 1.82) is 0 Å². The minimum Gasteiger partial charge on any atom is -0.478 e. The number of carboxylic acid groups (broad SMARTS) is 1. The normalized spacial score (nSPS) is 28.8. The maximum Gasteiger partial charge on any atom is 0.328 e. The number of fused-ring (bicyclic) bond motifs is 1. The van der Waals surface area contributed by atoms with E-state index in [1.165, 1.54) is 35.6 Å². The monoisotopic (exact) mass is 366 g/mol. The van der Waals surface area contributed by atoms with Gasteiger partial charge in [-0.05, 0) is 71.6 Å². The molecule has 2 atom stereocenters. The SMILES string of the molecule is CC[C@]1(c2ccc3c(c2)C(C)(C)CCC3(C)C)C[C@H]1/C=C/C(C)=C/C(=O)O. The molecule has 0 radical (unpaired) electrons. The second-order valence-corrected chi connectivity index (χ2v) is 9.93. The summed E-state index contributed by atoms with van der Waals surface area (Å²) in [7, 11) is 0. The van der Waals surface area contributed by atoms with Gasteiger partial charge in [-0.25, -0.2) is 4.79 Å². The summed E-state index contributed by atoms with van der Waals surface area (Å²) >= 11 is 0. The van der Waals surface area contributed by atoms with Gasteiger partial charge < -0.3 is 5.11 Å². The number of rotatable bonds is 5. The Morgan fingerprint density at radius 3 is 2.37 bits per heavy atom. The van der Waals surface area contributed by atoms with Crippen LogP contribution in [0.3, 0.4) is 0 Å². The number of allylic oxidation sites excluding steroid dienone is 3. The van der Waals surface area contributed by atoms with Crippen LogP contribution >= 0.6 is 0 Å². The molecule has 0 spiro atoms. The highest BCUT2D eigenvalue weighted by molar-refractivity contribution is 5.81. The van der Waals surface area contributed by atoms with Crippen molar-refractivity contribution in [3.05, 3.63) is 58.7 Å². The Labute approximate surface area is 164 Å². The summed E-state index contributed by atoms with van der Waals surface area (Å²) in [6.45, 7) is 13.6. The zero-order valence-electron chi connectivity index (χ0n) is 17.7. The number of hydrogen-bond donors (Lipinski definition) is 1.